The summed E-state index contributed by atoms with van der Waals surface area (Å²) in [6, 6.07) is 6.10. The third-order valence-corrected chi connectivity index (χ3v) is 6.07. The topological polar surface area (TPSA) is 76.3 Å². The summed E-state index contributed by atoms with van der Waals surface area (Å²) in [5, 5.41) is 0.767. The lowest BCUT2D eigenvalue weighted by Crippen LogP contribution is -2.53. The van der Waals surface area contributed by atoms with Gasteiger partial charge in [0.05, 0.1) is 10.9 Å². The maximum atomic E-state index is 12.5. The number of aromatic nitrogens is 4. The van der Waals surface area contributed by atoms with E-state index in [1.165, 1.54) is 0 Å². The molecule has 0 spiro atoms. The van der Waals surface area contributed by atoms with Crippen LogP contribution in [0.1, 0.15) is 20.3 Å². The molecule has 0 N–H and O–H groups in total. The summed E-state index contributed by atoms with van der Waals surface area (Å²) in [7, 11) is 0. The minimum Gasteiger partial charge on any atom is -0.339 e. The number of aryl methyl sites for hydroxylation is 1. The van der Waals surface area contributed by atoms with Gasteiger partial charge in [0.1, 0.15) is 0 Å². The standard InChI is InChI=1S/C21H24N6O2/c1-14-13-24(15(2)28)8-9-25(14)21-22-11-17(12-23-21)16-4-5-18-19(10-16)26-6-3-7-27(26)20(18)29/h4-5,10-12,14H,3,6-9,13H2,1-2H3/t14-/m1/s1. The molecule has 0 saturated carbocycles. The summed E-state index contributed by atoms with van der Waals surface area (Å²) in [6.45, 7) is 7.47. The Morgan fingerprint density at radius 3 is 2.52 bits per heavy atom. The number of hydrogen-bond acceptors (Lipinski definition) is 5. The van der Waals surface area contributed by atoms with Gasteiger partial charge in [0.15, 0.2) is 0 Å². The molecule has 1 amide bonds. The van der Waals surface area contributed by atoms with Gasteiger partial charge in [0.2, 0.25) is 11.9 Å². The summed E-state index contributed by atoms with van der Waals surface area (Å²) < 4.78 is 3.91. The zero-order valence-corrected chi connectivity index (χ0v) is 16.7. The maximum Gasteiger partial charge on any atom is 0.274 e. The van der Waals surface area contributed by atoms with Gasteiger partial charge in [-0.15, -0.1) is 0 Å². The second-order valence-corrected chi connectivity index (χ2v) is 7.92. The molecule has 8 heteroatoms. The third-order valence-electron chi connectivity index (χ3n) is 6.07. The molecule has 2 aliphatic rings. The number of benzene rings is 1. The van der Waals surface area contributed by atoms with Crippen LogP contribution < -0.4 is 10.5 Å². The number of amides is 1. The van der Waals surface area contributed by atoms with E-state index in [-0.39, 0.29) is 17.5 Å². The van der Waals surface area contributed by atoms with Crippen LogP contribution in [0.5, 0.6) is 0 Å². The number of rotatable bonds is 2. The lowest BCUT2D eigenvalue weighted by molar-refractivity contribution is -0.129. The van der Waals surface area contributed by atoms with Crippen molar-refractivity contribution in [3.05, 3.63) is 40.9 Å². The highest BCUT2D eigenvalue weighted by Crippen LogP contribution is 2.25. The number of anilines is 1. The minimum absolute atomic E-state index is 0.0920. The molecule has 29 heavy (non-hydrogen) atoms. The largest absolute Gasteiger partial charge is 0.339 e. The van der Waals surface area contributed by atoms with E-state index >= 15 is 0 Å². The van der Waals surface area contributed by atoms with Crippen LogP contribution in [0.4, 0.5) is 5.95 Å². The average Bonchev–Trinajstić information content (AvgIpc) is 3.31. The molecule has 3 aromatic rings. The fraction of sp³-hybridized carbons (Fsp3) is 0.429. The van der Waals surface area contributed by atoms with Gasteiger partial charge in [-0.1, -0.05) is 6.07 Å². The third kappa shape index (κ3) is 2.90. The first-order valence-electron chi connectivity index (χ1n) is 10.1. The zero-order valence-electron chi connectivity index (χ0n) is 16.7. The van der Waals surface area contributed by atoms with Crippen LogP contribution in [0.2, 0.25) is 0 Å². The van der Waals surface area contributed by atoms with E-state index in [4.69, 9.17) is 0 Å². The second kappa shape index (κ2) is 6.72. The maximum absolute atomic E-state index is 12.5. The van der Waals surface area contributed by atoms with Crippen LogP contribution in [0, 0.1) is 0 Å². The first-order chi connectivity index (χ1) is 14.0. The average molecular weight is 392 g/mol. The summed E-state index contributed by atoms with van der Waals surface area (Å²) >= 11 is 0. The van der Waals surface area contributed by atoms with E-state index in [9.17, 15) is 9.59 Å². The Kier molecular flexibility index (Phi) is 4.15. The molecule has 0 bridgehead atoms. The van der Waals surface area contributed by atoms with Crippen molar-refractivity contribution < 1.29 is 4.79 Å². The monoisotopic (exact) mass is 392 g/mol. The molecule has 1 aromatic carbocycles. The van der Waals surface area contributed by atoms with E-state index in [2.05, 4.69) is 32.5 Å². The number of nitrogens with zero attached hydrogens (tertiary/aromatic N) is 6. The normalized spacial score (nSPS) is 19.0. The number of hydrogen-bond donors (Lipinski definition) is 0. The van der Waals surface area contributed by atoms with Crippen LogP contribution in [0.25, 0.3) is 22.0 Å². The van der Waals surface area contributed by atoms with E-state index in [1.807, 2.05) is 34.1 Å². The number of carbonyl (C=O) groups is 1. The van der Waals surface area contributed by atoms with Crippen molar-refractivity contribution in [1.29, 1.82) is 0 Å². The summed E-state index contributed by atoms with van der Waals surface area (Å²) in [5.74, 6) is 0.797. The van der Waals surface area contributed by atoms with Gasteiger partial charge in [-0.05, 0) is 31.0 Å². The Hall–Kier alpha value is -3.16. The quantitative estimate of drug-likeness (QED) is 0.664. The second-order valence-electron chi connectivity index (χ2n) is 7.92. The molecule has 150 valence electrons. The Morgan fingerprint density at radius 1 is 1.03 bits per heavy atom. The minimum atomic E-state index is 0.0920. The van der Waals surface area contributed by atoms with Gasteiger partial charge in [0, 0.05) is 63.6 Å². The van der Waals surface area contributed by atoms with Crippen molar-refractivity contribution in [3.63, 3.8) is 0 Å². The van der Waals surface area contributed by atoms with E-state index < -0.39 is 0 Å². The van der Waals surface area contributed by atoms with Gasteiger partial charge in [-0.25, -0.2) is 14.6 Å². The lowest BCUT2D eigenvalue weighted by atomic mass is 10.1. The Morgan fingerprint density at radius 2 is 1.79 bits per heavy atom. The van der Waals surface area contributed by atoms with E-state index in [1.54, 1.807) is 6.92 Å². The molecule has 8 nitrogen and oxygen atoms in total. The first kappa shape index (κ1) is 17.9. The van der Waals surface area contributed by atoms with E-state index in [0.29, 0.717) is 19.0 Å². The molecule has 0 unspecified atom stereocenters. The van der Waals surface area contributed by atoms with Gasteiger partial charge in [-0.3, -0.25) is 14.3 Å². The fourth-order valence-corrected chi connectivity index (χ4v) is 4.48. The molecule has 2 aliphatic heterocycles. The molecule has 0 radical (unpaired) electrons. The van der Waals surface area contributed by atoms with Crippen LogP contribution in [-0.2, 0) is 17.9 Å². The first-order valence-corrected chi connectivity index (χ1v) is 10.1. The molecule has 5 rings (SSSR count). The molecule has 0 aliphatic carbocycles. The van der Waals surface area contributed by atoms with Crippen molar-refractivity contribution in [2.45, 2.75) is 39.4 Å². The fourth-order valence-electron chi connectivity index (χ4n) is 4.48. The van der Waals surface area contributed by atoms with Gasteiger partial charge < -0.3 is 9.80 Å². The van der Waals surface area contributed by atoms with E-state index in [0.717, 1.165) is 48.1 Å². The Bertz CT molecular complexity index is 1150. The summed E-state index contributed by atoms with van der Waals surface area (Å²) in [5.41, 5.74) is 3.00. The Balaban J connectivity index is 1.42. The summed E-state index contributed by atoms with van der Waals surface area (Å²) in [4.78, 5) is 37.3. The van der Waals surface area contributed by atoms with Gasteiger partial charge >= 0.3 is 0 Å². The summed E-state index contributed by atoms with van der Waals surface area (Å²) in [6.07, 6.45) is 4.68. The molecule has 1 fully saturated rings. The predicted molar refractivity (Wildman–Crippen MR) is 111 cm³/mol. The molecule has 1 atom stereocenters. The number of carbonyl (C=O) groups excluding carboxylic acids is 1. The highest BCUT2D eigenvalue weighted by Gasteiger charge is 2.26. The van der Waals surface area contributed by atoms with Crippen molar-refractivity contribution in [2.24, 2.45) is 0 Å². The molecule has 2 aromatic heterocycles. The highest BCUT2D eigenvalue weighted by molar-refractivity contribution is 5.84. The lowest BCUT2D eigenvalue weighted by Gasteiger charge is -2.39. The number of fused-ring (bicyclic) bond motifs is 3. The van der Waals surface area contributed by atoms with Crippen LogP contribution in [0.3, 0.4) is 0 Å². The van der Waals surface area contributed by atoms with Gasteiger partial charge in [0.25, 0.3) is 5.56 Å². The zero-order chi connectivity index (χ0) is 20.1. The predicted octanol–water partition coefficient (Wildman–Crippen LogP) is 1.72. The van der Waals surface area contributed by atoms with Crippen molar-refractivity contribution >= 4 is 22.8 Å². The molecular formula is C21H24N6O2. The molecule has 1 saturated heterocycles. The van der Waals surface area contributed by atoms with Crippen molar-refractivity contribution in [3.8, 4) is 11.1 Å². The van der Waals surface area contributed by atoms with Crippen LogP contribution in [0.15, 0.2) is 35.4 Å². The van der Waals surface area contributed by atoms with Crippen molar-refractivity contribution in [1.82, 2.24) is 24.2 Å². The van der Waals surface area contributed by atoms with Crippen molar-refractivity contribution in [2.75, 3.05) is 24.5 Å². The highest BCUT2D eigenvalue weighted by atomic mass is 16.2. The van der Waals surface area contributed by atoms with Crippen LogP contribution in [-0.4, -0.2) is 55.8 Å². The molecular weight excluding hydrogens is 368 g/mol. The van der Waals surface area contributed by atoms with Gasteiger partial charge in [-0.2, -0.15) is 0 Å². The Labute approximate surface area is 168 Å². The molecule has 4 heterocycles. The SMILES string of the molecule is CC(=O)N1CCN(c2ncc(-c3ccc4c(=O)n5n(c4c3)CCC5)cn2)[C@H](C)C1. The van der Waals surface area contributed by atoms with Crippen LogP contribution >= 0.6 is 0 Å². The smallest absolute Gasteiger partial charge is 0.274 e. The number of piperazine rings is 1.